The number of halogens is 2. The second-order valence-electron chi connectivity index (χ2n) is 3.36. The molecule has 1 aromatic carbocycles. The molecule has 0 saturated heterocycles. The Bertz CT molecular complexity index is 594. The van der Waals surface area contributed by atoms with Gasteiger partial charge in [-0.25, -0.2) is 14.2 Å². The lowest BCUT2D eigenvalue weighted by Gasteiger charge is -1.98. The third-order valence-electron chi connectivity index (χ3n) is 2.15. The van der Waals surface area contributed by atoms with E-state index >= 15 is 0 Å². The van der Waals surface area contributed by atoms with Gasteiger partial charge in [0.25, 0.3) is 0 Å². The first-order chi connectivity index (χ1) is 7.99. The van der Waals surface area contributed by atoms with Crippen molar-refractivity contribution in [2.75, 3.05) is 0 Å². The lowest BCUT2D eigenvalue weighted by Crippen LogP contribution is -1.95. The van der Waals surface area contributed by atoms with Gasteiger partial charge in [0, 0.05) is 0 Å². The number of carboxylic acids is 1. The van der Waals surface area contributed by atoms with Gasteiger partial charge in [-0.3, -0.25) is 0 Å². The zero-order valence-corrected chi connectivity index (χ0v) is 9.45. The molecule has 0 radical (unpaired) electrons. The molecule has 1 heterocycles. The molecule has 4 nitrogen and oxygen atoms in total. The molecule has 6 heteroatoms. The van der Waals surface area contributed by atoms with Gasteiger partial charge in [0.15, 0.2) is 0 Å². The lowest BCUT2D eigenvalue weighted by atomic mass is 10.2. The van der Waals surface area contributed by atoms with Crippen LogP contribution in [0.1, 0.15) is 16.2 Å². The first-order valence-corrected chi connectivity index (χ1v) is 5.03. The molecule has 0 amide bonds. The van der Waals surface area contributed by atoms with Gasteiger partial charge in [-0.05, 0) is 25.1 Å². The monoisotopic (exact) mass is 255 g/mol. The minimum absolute atomic E-state index is 0.0601. The van der Waals surface area contributed by atoms with Gasteiger partial charge in [-0.1, -0.05) is 11.6 Å². The van der Waals surface area contributed by atoms with Crippen LogP contribution >= 0.6 is 11.6 Å². The van der Waals surface area contributed by atoms with E-state index in [0.717, 1.165) is 6.07 Å². The van der Waals surface area contributed by atoms with Gasteiger partial charge >= 0.3 is 5.97 Å². The normalized spacial score (nSPS) is 10.5. The smallest absolute Gasteiger partial charge is 0.373 e. The van der Waals surface area contributed by atoms with Gasteiger partial charge in [-0.15, -0.1) is 0 Å². The molecule has 0 bridgehead atoms. The van der Waals surface area contributed by atoms with Gasteiger partial charge < -0.3 is 9.52 Å². The van der Waals surface area contributed by atoms with Crippen LogP contribution in [0.25, 0.3) is 11.5 Å². The summed E-state index contributed by atoms with van der Waals surface area (Å²) in [6.07, 6.45) is 0. The van der Waals surface area contributed by atoms with E-state index < -0.39 is 11.8 Å². The standard InChI is InChI=1S/C11H7ClFNO3/c1-5-9(11(15)16)17-10(14-5)7-3-2-6(13)4-8(7)12/h2-4H,1H3,(H,15,16). The van der Waals surface area contributed by atoms with Crippen LogP contribution in [-0.2, 0) is 0 Å². The van der Waals surface area contributed by atoms with Crippen LogP contribution in [0, 0.1) is 12.7 Å². The topological polar surface area (TPSA) is 63.3 Å². The number of aromatic carboxylic acids is 1. The summed E-state index contributed by atoms with van der Waals surface area (Å²) in [5, 5.41) is 8.93. The highest BCUT2D eigenvalue weighted by atomic mass is 35.5. The van der Waals surface area contributed by atoms with E-state index in [4.69, 9.17) is 21.1 Å². The summed E-state index contributed by atoms with van der Waals surface area (Å²) in [5.74, 6) is -1.88. The fourth-order valence-corrected chi connectivity index (χ4v) is 1.62. The number of rotatable bonds is 2. The van der Waals surface area contributed by atoms with Crippen molar-refractivity contribution >= 4 is 17.6 Å². The molecule has 88 valence electrons. The van der Waals surface area contributed by atoms with Crippen molar-refractivity contribution in [2.24, 2.45) is 0 Å². The number of benzene rings is 1. The molecule has 0 atom stereocenters. The lowest BCUT2D eigenvalue weighted by molar-refractivity contribution is 0.0662. The third-order valence-corrected chi connectivity index (χ3v) is 2.47. The van der Waals surface area contributed by atoms with Crippen LogP contribution in [-0.4, -0.2) is 16.1 Å². The highest BCUT2D eigenvalue weighted by molar-refractivity contribution is 6.33. The van der Waals surface area contributed by atoms with Crippen molar-refractivity contribution < 1.29 is 18.7 Å². The highest BCUT2D eigenvalue weighted by Crippen LogP contribution is 2.29. The summed E-state index contributed by atoms with van der Waals surface area (Å²) in [5.41, 5.74) is 0.594. The van der Waals surface area contributed by atoms with E-state index in [1.54, 1.807) is 0 Å². The summed E-state index contributed by atoms with van der Waals surface area (Å²) in [7, 11) is 0. The molecule has 1 N–H and O–H groups in total. The van der Waals surface area contributed by atoms with Crippen molar-refractivity contribution in [3.05, 3.63) is 40.5 Å². The van der Waals surface area contributed by atoms with E-state index in [1.165, 1.54) is 19.1 Å². The molecule has 0 aliphatic carbocycles. The summed E-state index contributed by atoms with van der Waals surface area (Å²) in [6.45, 7) is 1.51. The van der Waals surface area contributed by atoms with Crippen molar-refractivity contribution in [3.63, 3.8) is 0 Å². The molecule has 0 spiro atoms. The first-order valence-electron chi connectivity index (χ1n) is 4.65. The molecule has 2 rings (SSSR count). The fraction of sp³-hybridized carbons (Fsp3) is 0.0909. The maximum atomic E-state index is 12.8. The van der Waals surface area contributed by atoms with E-state index in [2.05, 4.69) is 4.98 Å². The van der Waals surface area contributed by atoms with Gasteiger partial charge in [0.05, 0.1) is 16.3 Å². The highest BCUT2D eigenvalue weighted by Gasteiger charge is 2.18. The van der Waals surface area contributed by atoms with E-state index in [1.807, 2.05) is 0 Å². The average Bonchev–Trinajstić information content (AvgIpc) is 2.60. The first kappa shape index (κ1) is 11.6. The number of carboxylic acid groups (broad SMARTS) is 1. The predicted octanol–water partition coefficient (Wildman–Crippen LogP) is 3.14. The molecule has 0 aliphatic rings. The van der Waals surface area contributed by atoms with Crippen LogP contribution in [0.4, 0.5) is 4.39 Å². The van der Waals surface area contributed by atoms with Gasteiger partial charge in [-0.2, -0.15) is 0 Å². The van der Waals surface area contributed by atoms with Crippen LogP contribution in [0.2, 0.25) is 5.02 Å². The molecule has 0 aliphatic heterocycles. The van der Waals surface area contributed by atoms with Crippen molar-refractivity contribution in [3.8, 4) is 11.5 Å². The minimum atomic E-state index is -1.21. The Hall–Kier alpha value is -1.88. The van der Waals surface area contributed by atoms with Crippen LogP contribution < -0.4 is 0 Å². The number of hydrogen-bond donors (Lipinski definition) is 1. The SMILES string of the molecule is Cc1nc(-c2ccc(F)cc2Cl)oc1C(=O)O. The number of aryl methyl sites for hydroxylation is 1. The summed E-state index contributed by atoms with van der Waals surface area (Å²) < 4.78 is 17.9. The third kappa shape index (κ3) is 2.14. The van der Waals surface area contributed by atoms with E-state index in [9.17, 15) is 9.18 Å². The Morgan fingerprint density at radius 2 is 2.24 bits per heavy atom. The Balaban J connectivity index is 2.53. The predicted molar refractivity (Wildman–Crippen MR) is 58.6 cm³/mol. The Kier molecular flexibility index (Phi) is 2.85. The van der Waals surface area contributed by atoms with Gasteiger partial charge in [0.2, 0.25) is 11.7 Å². The van der Waals surface area contributed by atoms with E-state index in [0.29, 0.717) is 5.56 Å². The Morgan fingerprint density at radius 3 is 2.76 bits per heavy atom. The second-order valence-corrected chi connectivity index (χ2v) is 3.77. The minimum Gasteiger partial charge on any atom is -0.475 e. The zero-order valence-electron chi connectivity index (χ0n) is 8.70. The molecular weight excluding hydrogens is 249 g/mol. The van der Waals surface area contributed by atoms with Gasteiger partial charge in [0.1, 0.15) is 5.82 Å². The largest absolute Gasteiger partial charge is 0.475 e. The average molecular weight is 256 g/mol. The number of carbonyl (C=O) groups is 1. The number of hydrogen-bond acceptors (Lipinski definition) is 3. The maximum absolute atomic E-state index is 12.8. The number of aromatic nitrogens is 1. The van der Waals surface area contributed by atoms with Crippen LogP contribution in [0.15, 0.2) is 22.6 Å². The molecule has 0 saturated carbocycles. The summed E-state index contributed by atoms with van der Waals surface area (Å²) in [6, 6.07) is 3.69. The zero-order chi connectivity index (χ0) is 12.6. The number of oxazole rings is 1. The van der Waals surface area contributed by atoms with Crippen molar-refractivity contribution in [1.82, 2.24) is 4.98 Å². The summed E-state index contributed by atoms with van der Waals surface area (Å²) in [4.78, 5) is 14.7. The summed E-state index contributed by atoms with van der Waals surface area (Å²) >= 11 is 5.82. The molecule has 0 fully saturated rings. The number of nitrogens with zero attached hydrogens (tertiary/aromatic N) is 1. The Labute approximate surface area is 101 Å². The second kappa shape index (κ2) is 4.18. The van der Waals surface area contributed by atoms with Crippen molar-refractivity contribution in [1.29, 1.82) is 0 Å². The molecule has 1 aromatic heterocycles. The maximum Gasteiger partial charge on any atom is 0.373 e. The van der Waals surface area contributed by atoms with Crippen molar-refractivity contribution in [2.45, 2.75) is 6.92 Å². The van der Waals surface area contributed by atoms with Crippen LogP contribution in [0.5, 0.6) is 0 Å². The van der Waals surface area contributed by atoms with E-state index in [-0.39, 0.29) is 22.4 Å². The van der Waals surface area contributed by atoms with Crippen LogP contribution in [0.3, 0.4) is 0 Å². The molecular formula is C11H7ClFNO3. The molecule has 0 unspecified atom stereocenters. The molecule has 2 aromatic rings. The fourth-order valence-electron chi connectivity index (χ4n) is 1.37. The Morgan fingerprint density at radius 1 is 1.53 bits per heavy atom. The molecule has 17 heavy (non-hydrogen) atoms. The quantitative estimate of drug-likeness (QED) is 0.895.